The van der Waals surface area contributed by atoms with E-state index in [1.165, 1.54) is 27.2 Å². The molecule has 0 saturated heterocycles. The second-order valence-electron chi connectivity index (χ2n) is 9.39. The Labute approximate surface area is 204 Å². The first-order chi connectivity index (χ1) is 17.0. The fourth-order valence-corrected chi connectivity index (χ4v) is 5.38. The lowest BCUT2D eigenvalue weighted by molar-refractivity contribution is -0.145. The van der Waals surface area contributed by atoms with Crippen molar-refractivity contribution in [1.29, 1.82) is 0 Å². The molecule has 2 aliphatic carbocycles. The number of ether oxygens (including phenoxy) is 1. The Morgan fingerprint density at radius 1 is 0.971 bits per heavy atom. The first kappa shape index (κ1) is 24.7. The van der Waals surface area contributed by atoms with Gasteiger partial charge in [0.15, 0.2) is 0 Å². The number of carbonyl (C=O) groups excluding carboxylic acids is 2. The molecule has 1 fully saturated rings. The summed E-state index contributed by atoms with van der Waals surface area (Å²) in [5, 5.41) is 20.9. The number of hydrogen-bond acceptors (Lipinski definition) is 5. The molecule has 0 aliphatic heterocycles. The molecule has 0 bridgehead atoms. The van der Waals surface area contributed by atoms with Crippen LogP contribution in [0.1, 0.15) is 42.7 Å². The number of aliphatic carboxylic acids is 1. The maximum Gasteiger partial charge on any atom is 0.407 e. The van der Waals surface area contributed by atoms with Crippen LogP contribution in [0.15, 0.2) is 48.5 Å². The number of carboxylic acids is 1. The lowest BCUT2D eigenvalue weighted by atomic mass is 9.98. The third-order valence-corrected chi connectivity index (χ3v) is 7.04. The molecule has 0 radical (unpaired) electrons. The van der Waals surface area contributed by atoms with Gasteiger partial charge in [0.25, 0.3) is 0 Å². The Hall–Kier alpha value is -3.39. The first-order valence-corrected chi connectivity index (χ1v) is 12.2. The summed E-state index contributed by atoms with van der Waals surface area (Å²) in [6, 6.07) is 16.4. The summed E-state index contributed by atoms with van der Waals surface area (Å²) in [5.41, 5.74) is 4.71. The molecule has 2 unspecified atom stereocenters. The molecule has 8 nitrogen and oxygen atoms in total. The highest BCUT2D eigenvalue weighted by atomic mass is 16.5. The zero-order chi connectivity index (χ0) is 24.8. The number of aliphatic hydroxyl groups is 1. The molecule has 2 aliphatic rings. The van der Waals surface area contributed by atoms with E-state index in [-0.39, 0.29) is 49.8 Å². The topological polar surface area (TPSA) is 116 Å². The number of nitrogens with zero attached hydrogens (tertiary/aromatic N) is 1. The molecular formula is C27H32N2O6. The van der Waals surface area contributed by atoms with Crippen LogP contribution in [0.5, 0.6) is 0 Å². The fraction of sp³-hybridized carbons (Fsp3) is 0.444. The standard InChI is InChI=1S/C27H32N2O6/c30-12-11-29(16-26(32)33)25(31)14-18-9-10-19(13-18)15-28-27(34)35-17-24-22-7-3-1-5-20(22)21-6-2-4-8-23(21)24/h1-8,18-19,24,30H,9-17H2,(H,28,34)(H,32,33). The van der Waals surface area contributed by atoms with Gasteiger partial charge >= 0.3 is 12.1 Å². The Morgan fingerprint density at radius 3 is 2.23 bits per heavy atom. The summed E-state index contributed by atoms with van der Waals surface area (Å²) >= 11 is 0. The van der Waals surface area contributed by atoms with Crippen LogP contribution in [-0.2, 0) is 14.3 Å². The molecule has 2 aromatic rings. The average Bonchev–Trinajstić information content (AvgIpc) is 3.43. The number of amides is 2. The van der Waals surface area contributed by atoms with Crippen LogP contribution in [0.25, 0.3) is 11.1 Å². The molecule has 2 atom stereocenters. The molecule has 2 amide bonds. The van der Waals surface area contributed by atoms with Gasteiger partial charge in [-0.3, -0.25) is 9.59 Å². The Balaban J connectivity index is 1.22. The van der Waals surface area contributed by atoms with E-state index >= 15 is 0 Å². The SMILES string of the molecule is O=C(O)CN(CCO)C(=O)CC1CCC(CNC(=O)OCC2c3ccccc3-c3ccccc32)C1. The molecule has 186 valence electrons. The number of alkyl carbamates (subject to hydrolysis) is 1. The summed E-state index contributed by atoms with van der Waals surface area (Å²) in [4.78, 5) is 37.0. The molecule has 0 spiro atoms. The Kier molecular flexibility index (Phi) is 8.02. The van der Waals surface area contributed by atoms with Gasteiger partial charge in [0, 0.05) is 25.4 Å². The van der Waals surface area contributed by atoms with Crippen LogP contribution >= 0.6 is 0 Å². The number of benzene rings is 2. The molecule has 0 aromatic heterocycles. The molecule has 0 heterocycles. The summed E-state index contributed by atoms with van der Waals surface area (Å²) < 4.78 is 5.60. The molecular weight excluding hydrogens is 448 g/mol. The molecule has 35 heavy (non-hydrogen) atoms. The van der Waals surface area contributed by atoms with Crippen molar-refractivity contribution in [3.8, 4) is 11.1 Å². The van der Waals surface area contributed by atoms with E-state index in [1.807, 2.05) is 24.3 Å². The van der Waals surface area contributed by atoms with Crippen molar-refractivity contribution in [1.82, 2.24) is 10.2 Å². The summed E-state index contributed by atoms with van der Waals surface area (Å²) in [6.45, 7) is 0.0998. The highest BCUT2D eigenvalue weighted by molar-refractivity contribution is 5.81. The van der Waals surface area contributed by atoms with Crippen molar-refractivity contribution < 1.29 is 29.3 Å². The van der Waals surface area contributed by atoms with Crippen LogP contribution in [0.4, 0.5) is 4.79 Å². The van der Waals surface area contributed by atoms with Crippen molar-refractivity contribution in [3.05, 3.63) is 59.7 Å². The van der Waals surface area contributed by atoms with Gasteiger partial charge in [0.05, 0.1) is 6.61 Å². The van der Waals surface area contributed by atoms with Crippen molar-refractivity contribution in [2.24, 2.45) is 11.8 Å². The fourth-order valence-electron chi connectivity index (χ4n) is 5.38. The van der Waals surface area contributed by atoms with E-state index in [4.69, 9.17) is 14.9 Å². The number of rotatable bonds is 10. The predicted octanol–water partition coefficient (Wildman–Crippen LogP) is 3.24. The van der Waals surface area contributed by atoms with Crippen molar-refractivity contribution in [2.45, 2.75) is 31.6 Å². The second-order valence-corrected chi connectivity index (χ2v) is 9.39. The summed E-state index contributed by atoms with van der Waals surface area (Å²) in [6.07, 6.45) is 2.34. The van der Waals surface area contributed by atoms with Crippen LogP contribution in [-0.4, -0.2) is 65.9 Å². The Bertz CT molecular complexity index is 1030. The minimum atomic E-state index is -1.09. The van der Waals surface area contributed by atoms with Gasteiger partial charge in [-0.25, -0.2) is 4.79 Å². The summed E-state index contributed by atoms with van der Waals surface area (Å²) in [7, 11) is 0. The smallest absolute Gasteiger partial charge is 0.407 e. The monoisotopic (exact) mass is 480 g/mol. The quantitative estimate of drug-likeness (QED) is 0.481. The van der Waals surface area contributed by atoms with Gasteiger partial charge < -0.3 is 25.2 Å². The van der Waals surface area contributed by atoms with Gasteiger partial charge in [-0.15, -0.1) is 0 Å². The van der Waals surface area contributed by atoms with E-state index in [0.29, 0.717) is 6.54 Å². The molecule has 8 heteroatoms. The number of aliphatic hydroxyl groups excluding tert-OH is 1. The lowest BCUT2D eigenvalue weighted by Crippen LogP contribution is -2.38. The van der Waals surface area contributed by atoms with Crippen molar-refractivity contribution in [3.63, 3.8) is 0 Å². The summed E-state index contributed by atoms with van der Waals surface area (Å²) in [5.74, 6) is -0.937. The highest BCUT2D eigenvalue weighted by Crippen LogP contribution is 2.44. The van der Waals surface area contributed by atoms with Gasteiger partial charge in [-0.2, -0.15) is 0 Å². The molecule has 3 N–H and O–H groups in total. The Morgan fingerprint density at radius 2 is 1.60 bits per heavy atom. The van der Waals surface area contributed by atoms with E-state index < -0.39 is 18.6 Å². The third-order valence-electron chi connectivity index (χ3n) is 7.04. The number of hydrogen-bond donors (Lipinski definition) is 3. The van der Waals surface area contributed by atoms with Gasteiger partial charge in [0.2, 0.25) is 5.91 Å². The van der Waals surface area contributed by atoms with Gasteiger partial charge in [0.1, 0.15) is 13.2 Å². The maximum absolute atomic E-state index is 12.4. The normalized spacial score (nSPS) is 18.5. The minimum Gasteiger partial charge on any atom is -0.480 e. The van der Waals surface area contributed by atoms with E-state index in [0.717, 1.165) is 19.3 Å². The number of nitrogens with one attached hydrogen (secondary N) is 1. The first-order valence-electron chi connectivity index (χ1n) is 12.2. The zero-order valence-electron chi connectivity index (χ0n) is 19.7. The van der Waals surface area contributed by atoms with E-state index in [1.54, 1.807) is 0 Å². The molecule has 4 rings (SSSR count). The van der Waals surface area contributed by atoms with Gasteiger partial charge in [-0.1, -0.05) is 48.5 Å². The molecule has 1 saturated carbocycles. The van der Waals surface area contributed by atoms with Crippen molar-refractivity contribution in [2.75, 3.05) is 32.8 Å². The van der Waals surface area contributed by atoms with Gasteiger partial charge in [-0.05, 0) is 53.4 Å². The number of carbonyl (C=O) groups is 3. The average molecular weight is 481 g/mol. The largest absolute Gasteiger partial charge is 0.480 e. The van der Waals surface area contributed by atoms with Crippen molar-refractivity contribution >= 4 is 18.0 Å². The van der Waals surface area contributed by atoms with E-state index in [9.17, 15) is 14.4 Å². The van der Waals surface area contributed by atoms with Crippen LogP contribution < -0.4 is 5.32 Å². The van der Waals surface area contributed by atoms with Crippen LogP contribution in [0.3, 0.4) is 0 Å². The number of fused-ring (bicyclic) bond motifs is 3. The highest BCUT2D eigenvalue weighted by Gasteiger charge is 2.30. The predicted molar refractivity (Wildman–Crippen MR) is 130 cm³/mol. The van der Waals surface area contributed by atoms with Crippen LogP contribution in [0, 0.1) is 11.8 Å². The van der Waals surface area contributed by atoms with Crippen LogP contribution in [0.2, 0.25) is 0 Å². The third kappa shape index (κ3) is 6.00. The second kappa shape index (κ2) is 11.4. The zero-order valence-corrected chi connectivity index (χ0v) is 19.7. The lowest BCUT2D eigenvalue weighted by Gasteiger charge is -2.21. The number of carboxylic acid groups (broad SMARTS) is 1. The minimum absolute atomic E-state index is 0.0164. The maximum atomic E-state index is 12.4. The molecule has 2 aromatic carbocycles. The van der Waals surface area contributed by atoms with E-state index in [2.05, 4.69) is 29.6 Å².